The molecule has 5 fully saturated rings. The molecule has 2 aromatic rings. The lowest BCUT2D eigenvalue weighted by Crippen LogP contribution is -2.65. The first-order valence-corrected chi connectivity index (χ1v) is 20.3. The molecule has 0 spiro atoms. The third-order valence-electron chi connectivity index (χ3n) is 10.5. The van der Waals surface area contributed by atoms with Gasteiger partial charge in [-0.2, -0.15) is 0 Å². The summed E-state index contributed by atoms with van der Waals surface area (Å²) in [6, 6.07) is 16.2. The Labute approximate surface area is 357 Å². The molecule has 0 bridgehead atoms. The van der Waals surface area contributed by atoms with Crippen LogP contribution in [0.2, 0.25) is 0 Å². The molecule has 338 valence electrons. The van der Waals surface area contributed by atoms with Gasteiger partial charge in [0.05, 0.1) is 30.4 Å². The second-order valence-electron chi connectivity index (χ2n) is 16.3. The van der Waals surface area contributed by atoms with Crippen LogP contribution in [0.3, 0.4) is 0 Å². The van der Waals surface area contributed by atoms with Crippen LogP contribution in [-0.2, 0) is 80.7 Å². The second kappa shape index (κ2) is 18.6. The van der Waals surface area contributed by atoms with E-state index in [0.717, 1.165) is 20.8 Å². The predicted octanol–water partition coefficient (Wildman–Crippen LogP) is 3.13. The maximum atomic E-state index is 14.1. The van der Waals surface area contributed by atoms with Crippen LogP contribution in [0.15, 0.2) is 60.7 Å². The van der Waals surface area contributed by atoms with Crippen molar-refractivity contribution in [3.05, 3.63) is 71.8 Å². The van der Waals surface area contributed by atoms with E-state index in [1.807, 2.05) is 0 Å². The third-order valence-corrected chi connectivity index (χ3v) is 10.5. The Kier molecular flexibility index (Phi) is 13.7. The van der Waals surface area contributed by atoms with Crippen molar-refractivity contribution in [2.24, 2.45) is 0 Å². The molecule has 0 radical (unpaired) electrons. The topological polar surface area (TPSA) is 215 Å². The zero-order valence-electron chi connectivity index (χ0n) is 35.5. The molecule has 5 aliphatic rings. The number of rotatable bonds is 12. The van der Waals surface area contributed by atoms with Gasteiger partial charge in [-0.1, -0.05) is 36.4 Å². The molecule has 0 N–H and O–H groups in total. The van der Waals surface area contributed by atoms with E-state index in [9.17, 15) is 24.0 Å². The molecule has 14 atom stereocenters. The summed E-state index contributed by atoms with van der Waals surface area (Å²) >= 11 is 0. The minimum Gasteiger partial charge on any atom is -0.456 e. The molecule has 0 amide bonds. The summed E-state index contributed by atoms with van der Waals surface area (Å²) in [5.74, 6) is -6.03. The smallest absolute Gasteiger partial charge is 0.338 e. The van der Waals surface area contributed by atoms with Gasteiger partial charge in [-0.3, -0.25) is 14.4 Å². The summed E-state index contributed by atoms with van der Waals surface area (Å²) in [5.41, 5.74) is 0.336. The van der Waals surface area contributed by atoms with Gasteiger partial charge in [-0.25, -0.2) is 9.59 Å². The van der Waals surface area contributed by atoms with E-state index < -0.39 is 134 Å². The van der Waals surface area contributed by atoms with Gasteiger partial charge in [0.25, 0.3) is 0 Å². The zero-order valence-corrected chi connectivity index (χ0v) is 35.5. The van der Waals surface area contributed by atoms with E-state index in [2.05, 4.69) is 0 Å². The molecule has 62 heavy (non-hydrogen) atoms. The van der Waals surface area contributed by atoms with Crippen LogP contribution in [0.5, 0.6) is 0 Å². The maximum Gasteiger partial charge on any atom is 0.338 e. The molecule has 5 aliphatic heterocycles. The van der Waals surface area contributed by atoms with Gasteiger partial charge in [0.15, 0.2) is 67.1 Å². The molecule has 5 saturated heterocycles. The van der Waals surface area contributed by atoms with Crippen molar-refractivity contribution in [2.45, 2.75) is 153 Å². The number of carbonyl (C=O) groups excluding carboxylic acids is 5. The SMILES string of the molecule is CC(=O)O[C@@H]1[C@@H](OC(C)=O)[C@H](O[C@H]2[C@H](O[C@H]3[C@@H]([C@H]4COC(C)(C)O4)OC4OC(C)(C)O[C@@H]43)O[C@@H](C)[C@H](OC(=O)c3ccccc3)[C@H]2OC(=O)c2ccccc2)OC[C@@H]1OC(C)=O. The van der Waals surface area contributed by atoms with Gasteiger partial charge in [-0.15, -0.1) is 0 Å². The molecule has 5 heterocycles. The predicted molar refractivity (Wildman–Crippen MR) is 205 cm³/mol. The van der Waals surface area contributed by atoms with Crippen molar-refractivity contribution in [3.8, 4) is 0 Å². The highest BCUT2D eigenvalue weighted by Crippen LogP contribution is 2.44. The lowest BCUT2D eigenvalue weighted by molar-refractivity contribution is -0.363. The molecular weight excluding hydrogens is 820 g/mol. The maximum absolute atomic E-state index is 14.1. The van der Waals surface area contributed by atoms with Crippen LogP contribution in [0.4, 0.5) is 0 Å². The van der Waals surface area contributed by atoms with E-state index in [-0.39, 0.29) is 17.7 Å². The molecule has 19 nitrogen and oxygen atoms in total. The summed E-state index contributed by atoms with van der Waals surface area (Å²) in [6.45, 7) is 11.6. The molecule has 7 rings (SSSR count). The van der Waals surface area contributed by atoms with E-state index >= 15 is 0 Å². The molecular formula is C43H52O19. The fourth-order valence-electron chi connectivity index (χ4n) is 8.03. The average molecular weight is 873 g/mol. The Hall–Kier alpha value is -4.57. The van der Waals surface area contributed by atoms with Crippen molar-refractivity contribution < 1.29 is 90.3 Å². The van der Waals surface area contributed by atoms with Gasteiger partial charge < -0.3 is 66.3 Å². The molecule has 0 aliphatic carbocycles. The third kappa shape index (κ3) is 10.4. The van der Waals surface area contributed by atoms with Crippen LogP contribution in [0.1, 0.15) is 76.1 Å². The summed E-state index contributed by atoms with van der Waals surface area (Å²) in [6.07, 6.45) is -17.4. The fraction of sp³-hybridized carbons (Fsp3) is 0.605. The molecule has 0 aromatic heterocycles. The monoisotopic (exact) mass is 872 g/mol. The second-order valence-corrected chi connectivity index (χ2v) is 16.3. The van der Waals surface area contributed by atoms with E-state index in [1.165, 1.54) is 12.1 Å². The highest BCUT2D eigenvalue weighted by atomic mass is 16.9. The first-order chi connectivity index (χ1) is 29.4. The number of hydrogen-bond donors (Lipinski definition) is 0. The number of hydrogen-bond acceptors (Lipinski definition) is 19. The average Bonchev–Trinajstić information content (AvgIpc) is 3.84. The van der Waals surface area contributed by atoms with Crippen LogP contribution in [0, 0.1) is 0 Å². The molecule has 1 unspecified atom stereocenters. The molecule has 2 aromatic carbocycles. The Morgan fingerprint density at radius 3 is 1.68 bits per heavy atom. The quantitative estimate of drug-likeness (QED) is 0.221. The lowest BCUT2D eigenvalue weighted by atomic mass is 9.97. The van der Waals surface area contributed by atoms with Gasteiger partial charge in [-0.05, 0) is 58.9 Å². The Morgan fingerprint density at radius 1 is 0.548 bits per heavy atom. The van der Waals surface area contributed by atoms with Crippen LogP contribution in [-0.4, -0.2) is 141 Å². The number of carbonyl (C=O) groups is 5. The van der Waals surface area contributed by atoms with E-state index in [4.69, 9.17) is 66.3 Å². The van der Waals surface area contributed by atoms with Crippen molar-refractivity contribution in [3.63, 3.8) is 0 Å². The summed E-state index contributed by atoms with van der Waals surface area (Å²) in [5, 5.41) is 0. The van der Waals surface area contributed by atoms with E-state index in [0.29, 0.717) is 0 Å². The highest BCUT2D eigenvalue weighted by molar-refractivity contribution is 5.90. The first-order valence-electron chi connectivity index (χ1n) is 20.3. The molecule has 19 heteroatoms. The van der Waals surface area contributed by atoms with Gasteiger partial charge >= 0.3 is 29.8 Å². The fourth-order valence-corrected chi connectivity index (χ4v) is 8.03. The number of esters is 5. The first kappa shape index (κ1) is 45.5. The largest absolute Gasteiger partial charge is 0.456 e. The number of benzene rings is 2. The van der Waals surface area contributed by atoms with Crippen LogP contribution >= 0.6 is 0 Å². The van der Waals surface area contributed by atoms with Crippen molar-refractivity contribution in [1.29, 1.82) is 0 Å². The molecule has 0 saturated carbocycles. The highest BCUT2D eigenvalue weighted by Gasteiger charge is 2.62. The minimum atomic E-state index is -1.65. The number of fused-ring (bicyclic) bond motifs is 1. The van der Waals surface area contributed by atoms with Gasteiger partial charge in [0.2, 0.25) is 0 Å². The Balaban J connectivity index is 1.30. The Morgan fingerprint density at radius 2 is 1.11 bits per heavy atom. The zero-order chi connectivity index (χ0) is 44.5. The van der Waals surface area contributed by atoms with E-state index in [1.54, 1.807) is 83.1 Å². The summed E-state index contributed by atoms with van der Waals surface area (Å²) in [4.78, 5) is 65.1. The van der Waals surface area contributed by atoms with Crippen LogP contribution in [0.25, 0.3) is 0 Å². The lowest BCUT2D eigenvalue weighted by Gasteiger charge is -2.47. The summed E-state index contributed by atoms with van der Waals surface area (Å²) in [7, 11) is 0. The minimum absolute atomic E-state index is 0.123. The van der Waals surface area contributed by atoms with Crippen molar-refractivity contribution >= 4 is 29.8 Å². The normalized spacial score (nSPS) is 35.9. The van der Waals surface area contributed by atoms with Crippen molar-refractivity contribution in [1.82, 2.24) is 0 Å². The van der Waals surface area contributed by atoms with Gasteiger partial charge in [0.1, 0.15) is 24.4 Å². The summed E-state index contributed by atoms with van der Waals surface area (Å²) < 4.78 is 86.0. The standard InChI is InChI=1S/C43H52O19/c1-21-29(55-37(47)25-15-11-9-12-16-25)32(56-38(48)26-17-13-10-14-18-26)35(59-39-34(54-24(4)46)30(53-23(3)45)27(19-49-39)52-22(2)44)40(51-21)58-33-31(28-20-50-42(5,6)60-28)57-41-36(33)61-43(7,8)62-41/h9-18,21,27-36,39-41H,19-20H2,1-8H3/t21-,27-,28+,29-,30-,31+,32+,33-,34+,35+,36+,39-,40-,41?/m0/s1. The van der Waals surface area contributed by atoms with Gasteiger partial charge in [0, 0.05) is 20.8 Å². The Bertz CT molecular complexity index is 1920. The van der Waals surface area contributed by atoms with Crippen LogP contribution < -0.4 is 0 Å². The van der Waals surface area contributed by atoms with Crippen molar-refractivity contribution in [2.75, 3.05) is 13.2 Å². The number of ether oxygens (including phenoxy) is 14.